The van der Waals surface area contributed by atoms with Crippen molar-refractivity contribution in [3.63, 3.8) is 0 Å². The van der Waals surface area contributed by atoms with Crippen LogP contribution < -0.4 is 11.1 Å². The first-order valence-corrected chi connectivity index (χ1v) is 5.44. The lowest BCUT2D eigenvalue weighted by Gasteiger charge is -2.09. The van der Waals surface area contributed by atoms with Crippen molar-refractivity contribution in [2.45, 2.75) is 6.54 Å². The van der Waals surface area contributed by atoms with E-state index in [0.717, 1.165) is 12.1 Å². The molecular formula is C13H10F2N4. The molecule has 0 amide bonds. The fourth-order valence-electron chi connectivity index (χ4n) is 1.55. The number of halogens is 2. The molecule has 19 heavy (non-hydrogen) atoms. The standard InChI is InChI=1S/C13H10F2N4/c14-10-2-1-8(5-11(10)15)7-19-13-12(17)9(6-16)3-4-18-13/h1-5H,7,17H2,(H,18,19). The van der Waals surface area contributed by atoms with Gasteiger partial charge in [-0.2, -0.15) is 5.26 Å². The fraction of sp³-hybridized carbons (Fsp3) is 0.0769. The lowest BCUT2D eigenvalue weighted by atomic mass is 10.2. The van der Waals surface area contributed by atoms with Crippen LogP contribution >= 0.6 is 0 Å². The van der Waals surface area contributed by atoms with Gasteiger partial charge in [-0.3, -0.25) is 0 Å². The van der Waals surface area contributed by atoms with Gasteiger partial charge in [0, 0.05) is 12.7 Å². The van der Waals surface area contributed by atoms with E-state index in [1.165, 1.54) is 18.3 Å². The summed E-state index contributed by atoms with van der Waals surface area (Å²) < 4.78 is 25.8. The molecule has 0 aliphatic carbocycles. The molecule has 1 heterocycles. The highest BCUT2D eigenvalue weighted by Gasteiger charge is 2.07. The molecule has 4 nitrogen and oxygen atoms in total. The Bertz CT molecular complexity index is 650. The lowest BCUT2D eigenvalue weighted by Crippen LogP contribution is -2.06. The molecule has 1 aromatic carbocycles. The molecule has 0 atom stereocenters. The van der Waals surface area contributed by atoms with Crippen LogP contribution in [0.4, 0.5) is 20.3 Å². The third kappa shape index (κ3) is 2.77. The summed E-state index contributed by atoms with van der Waals surface area (Å²) >= 11 is 0. The van der Waals surface area contributed by atoms with Gasteiger partial charge in [-0.1, -0.05) is 6.07 Å². The number of nitriles is 1. The highest BCUT2D eigenvalue weighted by molar-refractivity contribution is 5.68. The van der Waals surface area contributed by atoms with E-state index in [2.05, 4.69) is 10.3 Å². The molecule has 6 heteroatoms. The minimum atomic E-state index is -0.911. The summed E-state index contributed by atoms with van der Waals surface area (Å²) in [5.74, 6) is -1.47. The molecule has 2 rings (SSSR count). The average molecular weight is 260 g/mol. The molecule has 0 radical (unpaired) electrons. The van der Waals surface area contributed by atoms with Gasteiger partial charge in [-0.15, -0.1) is 0 Å². The van der Waals surface area contributed by atoms with Crippen LogP contribution in [-0.2, 0) is 6.54 Å². The second kappa shape index (κ2) is 5.31. The molecule has 0 aliphatic heterocycles. The summed E-state index contributed by atoms with van der Waals surface area (Å²) in [6.45, 7) is 0.225. The van der Waals surface area contributed by atoms with Crippen LogP contribution in [0.3, 0.4) is 0 Å². The Balaban J connectivity index is 2.15. The van der Waals surface area contributed by atoms with Crippen LogP contribution in [0.2, 0.25) is 0 Å². The zero-order chi connectivity index (χ0) is 13.8. The van der Waals surface area contributed by atoms with Gasteiger partial charge in [-0.05, 0) is 23.8 Å². The maximum Gasteiger partial charge on any atom is 0.159 e. The zero-order valence-electron chi connectivity index (χ0n) is 9.82. The number of nitrogens with one attached hydrogen (secondary N) is 1. The minimum Gasteiger partial charge on any atom is -0.395 e. The number of nitrogens with two attached hydrogens (primary N) is 1. The van der Waals surface area contributed by atoms with Gasteiger partial charge in [0.05, 0.1) is 11.3 Å². The number of anilines is 2. The van der Waals surface area contributed by atoms with E-state index in [1.807, 2.05) is 6.07 Å². The Labute approximate surface area is 108 Å². The van der Waals surface area contributed by atoms with E-state index in [-0.39, 0.29) is 12.2 Å². The van der Waals surface area contributed by atoms with Crippen LogP contribution in [0, 0.1) is 23.0 Å². The number of nitrogens with zero attached hydrogens (tertiary/aromatic N) is 2. The first-order valence-electron chi connectivity index (χ1n) is 5.44. The highest BCUT2D eigenvalue weighted by Crippen LogP contribution is 2.20. The Morgan fingerprint density at radius 2 is 2.05 bits per heavy atom. The van der Waals surface area contributed by atoms with Gasteiger partial charge in [0.25, 0.3) is 0 Å². The number of pyridine rings is 1. The molecule has 0 bridgehead atoms. The molecule has 0 spiro atoms. The summed E-state index contributed by atoms with van der Waals surface area (Å²) in [7, 11) is 0. The monoisotopic (exact) mass is 260 g/mol. The Kier molecular flexibility index (Phi) is 3.57. The van der Waals surface area contributed by atoms with Gasteiger partial charge in [0.1, 0.15) is 6.07 Å². The molecule has 0 unspecified atom stereocenters. The summed E-state index contributed by atoms with van der Waals surface area (Å²) in [6, 6.07) is 7.03. The second-order valence-corrected chi connectivity index (χ2v) is 3.83. The average Bonchev–Trinajstić information content (AvgIpc) is 2.41. The first-order chi connectivity index (χ1) is 9.11. The van der Waals surface area contributed by atoms with E-state index < -0.39 is 11.6 Å². The number of rotatable bonds is 3. The van der Waals surface area contributed by atoms with Gasteiger partial charge in [0.2, 0.25) is 0 Å². The third-order valence-corrected chi connectivity index (χ3v) is 2.55. The van der Waals surface area contributed by atoms with E-state index in [4.69, 9.17) is 11.0 Å². The predicted octanol–water partition coefficient (Wildman–Crippen LogP) is 2.43. The second-order valence-electron chi connectivity index (χ2n) is 3.83. The van der Waals surface area contributed by atoms with Crippen molar-refractivity contribution < 1.29 is 8.78 Å². The number of benzene rings is 1. The lowest BCUT2D eigenvalue weighted by molar-refractivity contribution is 0.507. The fourth-order valence-corrected chi connectivity index (χ4v) is 1.55. The van der Waals surface area contributed by atoms with E-state index >= 15 is 0 Å². The van der Waals surface area contributed by atoms with Crippen molar-refractivity contribution in [3.05, 3.63) is 53.2 Å². The first kappa shape index (κ1) is 12.8. The van der Waals surface area contributed by atoms with E-state index in [9.17, 15) is 8.78 Å². The molecule has 3 N–H and O–H groups in total. The Morgan fingerprint density at radius 1 is 1.26 bits per heavy atom. The molecule has 96 valence electrons. The van der Waals surface area contributed by atoms with Crippen LogP contribution in [0.15, 0.2) is 30.5 Å². The van der Waals surface area contributed by atoms with Gasteiger partial charge in [-0.25, -0.2) is 13.8 Å². The van der Waals surface area contributed by atoms with Gasteiger partial charge < -0.3 is 11.1 Å². The third-order valence-electron chi connectivity index (χ3n) is 2.55. The number of aromatic nitrogens is 1. The summed E-state index contributed by atoms with van der Waals surface area (Å²) in [5, 5.41) is 11.7. The van der Waals surface area contributed by atoms with Crippen LogP contribution in [0.1, 0.15) is 11.1 Å². The SMILES string of the molecule is N#Cc1ccnc(NCc2ccc(F)c(F)c2)c1N. The van der Waals surface area contributed by atoms with E-state index in [1.54, 1.807) is 0 Å². The van der Waals surface area contributed by atoms with Gasteiger partial charge >= 0.3 is 0 Å². The molecule has 0 saturated heterocycles. The molecular weight excluding hydrogens is 250 g/mol. The van der Waals surface area contributed by atoms with Crippen molar-refractivity contribution in [2.75, 3.05) is 11.1 Å². The summed E-state index contributed by atoms with van der Waals surface area (Å²) in [4.78, 5) is 3.99. The summed E-state index contributed by atoms with van der Waals surface area (Å²) in [6.07, 6.45) is 1.45. The van der Waals surface area contributed by atoms with Crippen LogP contribution in [-0.4, -0.2) is 4.98 Å². The number of hydrogen-bond acceptors (Lipinski definition) is 4. The number of hydrogen-bond donors (Lipinski definition) is 2. The predicted molar refractivity (Wildman–Crippen MR) is 67.0 cm³/mol. The maximum atomic E-state index is 13.0. The van der Waals surface area contributed by atoms with E-state index in [0.29, 0.717) is 16.9 Å². The smallest absolute Gasteiger partial charge is 0.159 e. The molecule has 2 aromatic rings. The van der Waals surface area contributed by atoms with Crippen molar-refractivity contribution in [1.29, 1.82) is 5.26 Å². The molecule has 0 aliphatic rings. The summed E-state index contributed by atoms with van der Waals surface area (Å²) in [5.41, 5.74) is 6.81. The quantitative estimate of drug-likeness (QED) is 0.888. The molecule has 0 fully saturated rings. The largest absolute Gasteiger partial charge is 0.395 e. The van der Waals surface area contributed by atoms with Crippen molar-refractivity contribution in [1.82, 2.24) is 4.98 Å². The van der Waals surface area contributed by atoms with Gasteiger partial charge in [0.15, 0.2) is 17.5 Å². The van der Waals surface area contributed by atoms with Crippen molar-refractivity contribution >= 4 is 11.5 Å². The minimum absolute atomic E-state index is 0.225. The molecule has 1 aromatic heterocycles. The molecule has 0 saturated carbocycles. The van der Waals surface area contributed by atoms with Crippen molar-refractivity contribution in [2.24, 2.45) is 0 Å². The van der Waals surface area contributed by atoms with Crippen LogP contribution in [0.5, 0.6) is 0 Å². The zero-order valence-corrected chi connectivity index (χ0v) is 9.82. The highest BCUT2D eigenvalue weighted by atomic mass is 19.2. The topological polar surface area (TPSA) is 74.7 Å². The van der Waals surface area contributed by atoms with Crippen LogP contribution in [0.25, 0.3) is 0 Å². The maximum absolute atomic E-state index is 13.0. The van der Waals surface area contributed by atoms with Crippen molar-refractivity contribution in [3.8, 4) is 6.07 Å². The normalized spacial score (nSPS) is 9.95. The Morgan fingerprint density at radius 3 is 2.74 bits per heavy atom. The number of nitrogen functional groups attached to an aromatic ring is 1. The Hall–Kier alpha value is -2.68.